The summed E-state index contributed by atoms with van der Waals surface area (Å²) < 4.78 is 11.0. The number of methoxy groups -OCH3 is 1. The second-order valence-electron chi connectivity index (χ2n) is 7.21. The molecule has 0 aliphatic rings. The molecule has 0 fully saturated rings. The van der Waals surface area contributed by atoms with Crippen LogP contribution in [0.5, 0.6) is 11.5 Å². The van der Waals surface area contributed by atoms with Crippen molar-refractivity contribution < 1.29 is 14.3 Å². The van der Waals surface area contributed by atoms with Crippen molar-refractivity contribution in [1.29, 1.82) is 0 Å². The summed E-state index contributed by atoms with van der Waals surface area (Å²) >= 11 is 1.74. The fourth-order valence-corrected chi connectivity index (χ4v) is 4.02. The van der Waals surface area contributed by atoms with E-state index in [0.29, 0.717) is 18.7 Å². The molecule has 31 heavy (non-hydrogen) atoms. The van der Waals surface area contributed by atoms with Crippen molar-refractivity contribution >= 4 is 17.7 Å². The van der Waals surface area contributed by atoms with E-state index in [-0.39, 0.29) is 5.91 Å². The smallest absolute Gasteiger partial charge is 0.251 e. The highest BCUT2D eigenvalue weighted by Gasteiger charge is 2.11. The van der Waals surface area contributed by atoms with Crippen LogP contribution in [-0.4, -0.2) is 26.2 Å². The van der Waals surface area contributed by atoms with E-state index in [4.69, 9.17) is 9.47 Å². The van der Waals surface area contributed by atoms with Gasteiger partial charge in [-0.3, -0.25) is 4.79 Å². The largest absolute Gasteiger partial charge is 0.497 e. The molecule has 0 atom stereocenters. The summed E-state index contributed by atoms with van der Waals surface area (Å²) in [5, 5.41) is 3.02. The van der Waals surface area contributed by atoms with Crippen LogP contribution in [0.3, 0.4) is 0 Å². The molecule has 0 bridgehead atoms. The summed E-state index contributed by atoms with van der Waals surface area (Å²) in [6.45, 7) is 5.22. The zero-order chi connectivity index (χ0) is 22.1. The lowest BCUT2D eigenvalue weighted by Crippen LogP contribution is -2.25. The van der Waals surface area contributed by atoms with Gasteiger partial charge in [-0.15, -0.1) is 11.8 Å². The van der Waals surface area contributed by atoms with Gasteiger partial charge in [0.05, 0.1) is 13.7 Å². The number of aryl methyl sites for hydroxylation is 1. The molecule has 0 aliphatic carbocycles. The van der Waals surface area contributed by atoms with Crippen molar-refractivity contribution in [1.82, 2.24) is 5.32 Å². The lowest BCUT2D eigenvalue weighted by atomic mass is 10.1. The first-order valence-electron chi connectivity index (χ1n) is 10.5. The van der Waals surface area contributed by atoms with Crippen LogP contribution in [0.4, 0.5) is 0 Å². The summed E-state index contributed by atoms with van der Waals surface area (Å²) in [6.07, 6.45) is 0.767. The highest BCUT2D eigenvalue weighted by Crippen LogP contribution is 2.29. The van der Waals surface area contributed by atoms with Gasteiger partial charge in [0.15, 0.2) is 0 Å². The molecule has 3 rings (SSSR count). The summed E-state index contributed by atoms with van der Waals surface area (Å²) in [4.78, 5) is 13.9. The van der Waals surface area contributed by atoms with E-state index in [1.807, 2.05) is 49.4 Å². The summed E-state index contributed by atoms with van der Waals surface area (Å²) in [5.74, 6) is 2.33. The summed E-state index contributed by atoms with van der Waals surface area (Å²) in [7, 11) is 1.65. The fourth-order valence-electron chi connectivity index (χ4n) is 3.14. The zero-order valence-electron chi connectivity index (χ0n) is 18.3. The van der Waals surface area contributed by atoms with Crippen LogP contribution in [0.2, 0.25) is 0 Å². The maximum atomic E-state index is 12.7. The Balaban J connectivity index is 1.61. The van der Waals surface area contributed by atoms with Gasteiger partial charge in [0.2, 0.25) is 0 Å². The molecule has 1 amide bonds. The van der Waals surface area contributed by atoms with Crippen LogP contribution in [0.15, 0.2) is 71.6 Å². The predicted octanol–water partition coefficient (Wildman–Crippen LogP) is 5.67. The van der Waals surface area contributed by atoms with Crippen molar-refractivity contribution in [3.8, 4) is 11.5 Å². The lowest BCUT2D eigenvalue weighted by Gasteiger charge is -2.13. The van der Waals surface area contributed by atoms with Gasteiger partial charge in [-0.05, 0) is 68.3 Å². The van der Waals surface area contributed by atoms with Gasteiger partial charge in [-0.1, -0.05) is 29.8 Å². The molecule has 5 heteroatoms. The second-order valence-corrected chi connectivity index (χ2v) is 8.26. The molecule has 0 unspecified atom stereocenters. The number of ether oxygens (including phenoxy) is 2. The van der Waals surface area contributed by atoms with E-state index in [1.165, 1.54) is 10.5 Å². The fraction of sp³-hybridized carbons (Fsp3) is 0.269. The third-order valence-electron chi connectivity index (χ3n) is 4.90. The van der Waals surface area contributed by atoms with Crippen LogP contribution in [0, 0.1) is 6.92 Å². The Kier molecular flexibility index (Phi) is 8.42. The Morgan fingerprint density at radius 2 is 1.74 bits per heavy atom. The van der Waals surface area contributed by atoms with Crippen LogP contribution < -0.4 is 14.8 Å². The van der Waals surface area contributed by atoms with E-state index < -0.39 is 0 Å². The maximum absolute atomic E-state index is 12.7. The number of amides is 1. The van der Waals surface area contributed by atoms with Gasteiger partial charge < -0.3 is 14.8 Å². The average Bonchev–Trinajstić information content (AvgIpc) is 2.80. The van der Waals surface area contributed by atoms with E-state index in [9.17, 15) is 4.79 Å². The molecule has 0 aliphatic heterocycles. The number of carbonyl (C=O) groups excluding carboxylic acids is 1. The Bertz CT molecular complexity index is 985. The predicted molar refractivity (Wildman–Crippen MR) is 127 cm³/mol. The number of hydrogen-bond donors (Lipinski definition) is 1. The van der Waals surface area contributed by atoms with Crippen molar-refractivity contribution in [3.05, 3.63) is 89.0 Å². The Morgan fingerprint density at radius 3 is 2.42 bits per heavy atom. The molecule has 1 N–H and O–H groups in total. The van der Waals surface area contributed by atoms with E-state index in [2.05, 4.69) is 36.5 Å². The normalized spacial score (nSPS) is 10.5. The Labute approximate surface area is 189 Å². The van der Waals surface area contributed by atoms with Gasteiger partial charge in [-0.25, -0.2) is 0 Å². The molecule has 0 radical (unpaired) electrons. The van der Waals surface area contributed by atoms with Gasteiger partial charge in [0, 0.05) is 28.3 Å². The van der Waals surface area contributed by atoms with E-state index in [1.54, 1.807) is 18.9 Å². The van der Waals surface area contributed by atoms with E-state index in [0.717, 1.165) is 34.8 Å². The van der Waals surface area contributed by atoms with Crippen LogP contribution >= 0.6 is 11.8 Å². The molecule has 0 saturated heterocycles. The van der Waals surface area contributed by atoms with Gasteiger partial charge >= 0.3 is 0 Å². The summed E-state index contributed by atoms with van der Waals surface area (Å²) in [5.41, 5.74) is 4.07. The number of nitrogens with one attached hydrogen (secondary N) is 1. The molecule has 0 aromatic heterocycles. The quantitative estimate of drug-likeness (QED) is 0.417. The molecule has 0 spiro atoms. The third kappa shape index (κ3) is 6.79. The Hall–Kier alpha value is -2.92. The number of carbonyl (C=O) groups is 1. The SMILES string of the molecule is CCOc1ccc(C(=O)NCCc2ccc(OC)cc2)cc1CSc1ccc(C)cc1. The van der Waals surface area contributed by atoms with Crippen LogP contribution in [0.25, 0.3) is 0 Å². The van der Waals surface area contributed by atoms with Crippen molar-refractivity contribution in [2.24, 2.45) is 0 Å². The molecular formula is C26H29NO3S. The topological polar surface area (TPSA) is 47.6 Å². The van der Waals surface area contributed by atoms with Gasteiger partial charge in [-0.2, -0.15) is 0 Å². The lowest BCUT2D eigenvalue weighted by molar-refractivity contribution is 0.0954. The third-order valence-corrected chi connectivity index (χ3v) is 5.96. The minimum absolute atomic E-state index is 0.0712. The molecule has 3 aromatic rings. The molecule has 0 saturated carbocycles. The first kappa shape index (κ1) is 22.8. The molecule has 4 nitrogen and oxygen atoms in total. The zero-order valence-corrected chi connectivity index (χ0v) is 19.1. The maximum Gasteiger partial charge on any atom is 0.251 e. The first-order chi connectivity index (χ1) is 15.1. The first-order valence-corrected chi connectivity index (χ1v) is 11.4. The minimum Gasteiger partial charge on any atom is -0.497 e. The average molecular weight is 436 g/mol. The van der Waals surface area contributed by atoms with E-state index >= 15 is 0 Å². The highest BCUT2D eigenvalue weighted by molar-refractivity contribution is 7.98. The second kappa shape index (κ2) is 11.5. The van der Waals surface area contributed by atoms with Crippen molar-refractivity contribution in [3.63, 3.8) is 0 Å². The number of hydrogen-bond acceptors (Lipinski definition) is 4. The molecule has 0 heterocycles. The van der Waals surface area contributed by atoms with Gasteiger partial charge in [0.25, 0.3) is 5.91 Å². The van der Waals surface area contributed by atoms with Crippen LogP contribution in [-0.2, 0) is 12.2 Å². The number of thioether (sulfide) groups is 1. The number of benzene rings is 3. The van der Waals surface area contributed by atoms with Crippen molar-refractivity contribution in [2.75, 3.05) is 20.3 Å². The molecule has 3 aromatic carbocycles. The molecular weight excluding hydrogens is 406 g/mol. The highest BCUT2D eigenvalue weighted by atomic mass is 32.2. The van der Waals surface area contributed by atoms with Crippen molar-refractivity contribution in [2.45, 2.75) is 30.9 Å². The van der Waals surface area contributed by atoms with Gasteiger partial charge in [0.1, 0.15) is 11.5 Å². The molecule has 162 valence electrons. The Morgan fingerprint density at radius 1 is 1.00 bits per heavy atom. The summed E-state index contributed by atoms with van der Waals surface area (Å²) in [6, 6.07) is 22.0. The number of rotatable bonds is 10. The van der Waals surface area contributed by atoms with Crippen LogP contribution in [0.1, 0.15) is 34.0 Å². The standard InChI is InChI=1S/C26H29NO3S/c1-4-30-25-14-9-21(17-22(25)18-31-24-12-5-19(2)6-13-24)26(28)27-16-15-20-7-10-23(29-3)11-8-20/h5-14,17H,4,15-16,18H2,1-3H3,(H,27,28). The monoisotopic (exact) mass is 435 g/mol. The minimum atomic E-state index is -0.0712.